The Hall–Kier alpha value is -6.43. The van der Waals surface area contributed by atoms with Gasteiger partial charge in [-0.1, -0.05) is 171 Å². The molecule has 0 saturated heterocycles. The predicted octanol–water partition coefficient (Wildman–Crippen LogP) is 12.8. The Morgan fingerprint density at radius 2 is 1.19 bits per heavy atom. The number of rotatable bonds is 4. The number of nitrogens with zero attached hydrogens (tertiary/aromatic N) is 2. The minimum absolute atomic E-state index is 0.141. The molecular weight excluding hydrogens is 677 g/mol. The third-order valence-corrected chi connectivity index (χ3v) is 10.4. The van der Waals surface area contributed by atoms with Crippen molar-refractivity contribution in [1.29, 1.82) is 5.41 Å². The Bertz CT molecular complexity index is 2640. The third-order valence-electron chi connectivity index (χ3n) is 9.20. The van der Waals surface area contributed by atoms with E-state index in [-0.39, 0.29) is 5.84 Å². The molecule has 4 nitrogen and oxygen atoms in total. The zero-order valence-electron chi connectivity index (χ0n) is 30.7. The summed E-state index contributed by atoms with van der Waals surface area (Å²) < 4.78 is 2.37. The van der Waals surface area contributed by atoms with E-state index in [1.165, 1.54) is 48.3 Å². The Morgan fingerprint density at radius 3 is 1.94 bits per heavy atom. The molecule has 1 aromatic heterocycles. The largest absolute Gasteiger partial charge is 0.383 e. The lowest BCUT2D eigenvalue weighted by molar-refractivity contribution is 1.18. The molecule has 264 valence electrons. The molecule has 0 atom stereocenters. The van der Waals surface area contributed by atoms with Crippen LogP contribution in [-0.2, 0) is 0 Å². The maximum Gasteiger partial charge on any atom is 0.154 e. The number of nitrogens with one attached hydrogen (secondary N) is 1. The summed E-state index contributed by atoms with van der Waals surface area (Å²) in [6.07, 6.45) is 4.46. The van der Waals surface area contributed by atoms with Crippen LogP contribution in [0.3, 0.4) is 0 Å². The Morgan fingerprint density at radius 1 is 0.556 bits per heavy atom. The highest BCUT2D eigenvalue weighted by molar-refractivity contribution is 7.99. The molecule has 0 radical (unpaired) electrons. The smallest absolute Gasteiger partial charge is 0.154 e. The number of nitrogens with two attached hydrogens (primary N) is 1. The van der Waals surface area contributed by atoms with Crippen molar-refractivity contribution in [3.05, 3.63) is 198 Å². The molecule has 1 aliphatic heterocycles. The average Bonchev–Trinajstić information content (AvgIpc) is 3.42. The fraction of sp³-hybridized carbons (Fsp3) is 0.0612. The number of hydrogen-bond acceptors (Lipinski definition) is 2. The van der Waals surface area contributed by atoms with Crippen LogP contribution in [0.1, 0.15) is 41.7 Å². The molecule has 54 heavy (non-hydrogen) atoms. The van der Waals surface area contributed by atoms with Crippen molar-refractivity contribution in [1.82, 2.24) is 4.57 Å². The van der Waals surface area contributed by atoms with Crippen molar-refractivity contribution in [2.24, 2.45) is 10.7 Å². The molecule has 3 N–H and O–H groups in total. The quantitative estimate of drug-likeness (QED) is 0.140. The van der Waals surface area contributed by atoms with E-state index in [1.54, 1.807) is 0 Å². The van der Waals surface area contributed by atoms with Gasteiger partial charge in [-0.15, -0.1) is 0 Å². The molecule has 0 bridgehead atoms. The molecule has 7 aromatic carbocycles. The average molecular weight is 719 g/mol. The number of para-hydroxylation sites is 1. The summed E-state index contributed by atoms with van der Waals surface area (Å²) in [5.41, 5.74) is 17.2. The van der Waals surface area contributed by atoms with E-state index in [2.05, 4.69) is 132 Å². The summed E-state index contributed by atoms with van der Waals surface area (Å²) >= 11 is 1.83. The molecule has 0 unspecified atom stereocenters. The lowest BCUT2D eigenvalue weighted by Crippen LogP contribution is -2.16. The first kappa shape index (κ1) is 36.0. The number of aromatic nitrogens is 1. The summed E-state index contributed by atoms with van der Waals surface area (Å²) in [6, 6.07) is 58.3. The summed E-state index contributed by atoms with van der Waals surface area (Å²) in [4.78, 5) is 6.93. The van der Waals surface area contributed by atoms with E-state index in [1.807, 2.05) is 92.3 Å². The van der Waals surface area contributed by atoms with Gasteiger partial charge < -0.3 is 10.3 Å². The monoisotopic (exact) mass is 718 g/mol. The second-order valence-corrected chi connectivity index (χ2v) is 13.8. The van der Waals surface area contributed by atoms with E-state index >= 15 is 0 Å². The highest BCUT2D eigenvalue weighted by Gasteiger charge is 2.18. The standard InChI is InChI=1S/C40H28N4S.C7H8.C2H6/c41-39(27-11-2-1-3-12-27)43-40(42)31-15-8-13-28(22-31)29-14-9-16-32(23-29)44-35-18-6-5-17-33(35)34-25-38-30(24-36(34)44)21-20-26-10-4-7-19-37(26)45-38;1-7-5-3-2-4-6-7;1-2/h1-25H,(H3,41,42,43);2-6H,1H3;1-2H3. The van der Waals surface area contributed by atoms with Gasteiger partial charge in [0.1, 0.15) is 5.84 Å². The zero-order valence-corrected chi connectivity index (χ0v) is 31.5. The fourth-order valence-corrected chi connectivity index (χ4v) is 7.64. The van der Waals surface area contributed by atoms with Crippen LogP contribution in [0.2, 0.25) is 0 Å². The first-order chi connectivity index (χ1) is 26.5. The van der Waals surface area contributed by atoms with E-state index in [0.717, 1.165) is 27.9 Å². The maximum absolute atomic E-state index is 8.40. The molecule has 8 aromatic rings. The second kappa shape index (κ2) is 16.5. The van der Waals surface area contributed by atoms with Crippen molar-refractivity contribution in [2.75, 3.05) is 0 Å². The molecule has 1 aliphatic rings. The van der Waals surface area contributed by atoms with Gasteiger partial charge in [-0.3, -0.25) is 5.41 Å². The number of benzene rings is 7. The van der Waals surface area contributed by atoms with Crippen LogP contribution in [0, 0.1) is 12.3 Å². The molecular formula is C49H42N4S. The zero-order chi connectivity index (χ0) is 37.4. The lowest BCUT2D eigenvalue weighted by atomic mass is 10.0. The molecule has 2 heterocycles. The van der Waals surface area contributed by atoms with Crippen LogP contribution in [0.15, 0.2) is 185 Å². The summed E-state index contributed by atoms with van der Waals surface area (Å²) in [6.45, 7) is 6.08. The molecule has 0 amide bonds. The predicted molar refractivity (Wildman–Crippen MR) is 232 cm³/mol. The van der Waals surface area contributed by atoms with Gasteiger partial charge in [0.2, 0.25) is 0 Å². The van der Waals surface area contributed by atoms with Crippen LogP contribution in [0.25, 0.3) is 50.8 Å². The first-order valence-electron chi connectivity index (χ1n) is 18.2. The van der Waals surface area contributed by atoms with Crippen LogP contribution < -0.4 is 5.73 Å². The molecule has 0 saturated carbocycles. The van der Waals surface area contributed by atoms with E-state index in [9.17, 15) is 0 Å². The van der Waals surface area contributed by atoms with Crippen molar-refractivity contribution < 1.29 is 0 Å². The number of aliphatic imine (C=N–C) groups is 1. The molecule has 5 heteroatoms. The summed E-state index contributed by atoms with van der Waals surface area (Å²) in [5, 5.41) is 10.9. The van der Waals surface area contributed by atoms with Crippen LogP contribution >= 0.6 is 11.8 Å². The van der Waals surface area contributed by atoms with Crippen molar-refractivity contribution in [3.8, 4) is 16.8 Å². The normalized spacial score (nSPS) is 11.7. The number of amidine groups is 2. The molecule has 9 rings (SSSR count). The SMILES string of the molecule is CC.Cc1ccccc1.N=C(N=C(N)c1cccc(-c2cccc(-n3c4ccccc4c4cc5c(cc43)C=Cc3ccccc3S5)c2)c1)c1ccccc1. The van der Waals surface area contributed by atoms with Gasteiger partial charge in [0.05, 0.1) is 11.0 Å². The second-order valence-electron chi connectivity index (χ2n) is 12.7. The first-order valence-corrected chi connectivity index (χ1v) is 19.1. The highest BCUT2D eigenvalue weighted by Crippen LogP contribution is 2.42. The Balaban J connectivity index is 0.000000446. The van der Waals surface area contributed by atoms with Gasteiger partial charge in [-0.05, 0) is 71.6 Å². The number of fused-ring (bicyclic) bond motifs is 5. The Labute approximate surface area is 321 Å². The van der Waals surface area contributed by atoms with E-state index in [0.29, 0.717) is 5.84 Å². The van der Waals surface area contributed by atoms with E-state index < -0.39 is 0 Å². The van der Waals surface area contributed by atoms with Gasteiger partial charge in [-0.25, -0.2) is 4.99 Å². The molecule has 0 fully saturated rings. The van der Waals surface area contributed by atoms with Gasteiger partial charge in [0, 0.05) is 37.4 Å². The topological polar surface area (TPSA) is 67.2 Å². The van der Waals surface area contributed by atoms with Gasteiger partial charge >= 0.3 is 0 Å². The molecule has 0 spiro atoms. The van der Waals surface area contributed by atoms with E-state index in [4.69, 9.17) is 11.1 Å². The summed E-state index contributed by atoms with van der Waals surface area (Å²) in [7, 11) is 0. The Kier molecular flexibility index (Phi) is 11.0. The number of aryl methyl sites for hydroxylation is 1. The summed E-state index contributed by atoms with van der Waals surface area (Å²) in [5.74, 6) is 0.458. The lowest BCUT2D eigenvalue weighted by Gasteiger charge is -2.12. The maximum atomic E-state index is 8.40. The van der Waals surface area contributed by atoms with Crippen LogP contribution in [0.5, 0.6) is 0 Å². The van der Waals surface area contributed by atoms with Gasteiger partial charge in [-0.2, -0.15) is 0 Å². The van der Waals surface area contributed by atoms with Gasteiger partial charge in [0.15, 0.2) is 5.84 Å². The molecule has 0 aliphatic carbocycles. The van der Waals surface area contributed by atoms with Gasteiger partial charge in [0.25, 0.3) is 0 Å². The number of hydrogen-bond donors (Lipinski definition) is 2. The fourth-order valence-electron chi connectivity index (χ4n) is 6.58. The van der Waals surface area contributed by atoms with Crippen molar-refractivity contribution in [3.63, 3.8) is 0 Å². The van der Waals surface area contributed by atoms with Crippen molar-refractivity contribution in [2.45, 2.75) is 30.6 Å². The highest BCUT2D eigenvalue weighted by atomic mass is 32.2. The van der Waals surface area contributed by atoms with Crippen molar-refractivity contribution >= 4 is 57.4 Å². The minimum Gasteiger partial charge on any atom is -0.383 e. The van der Waals surface area contributed by atoms with Crippen LogP contribution in [-0.4, -0.2) is 16.2 Å². The minimum atomic E-state index is 0.141. The van der Waals surface area contributed by atoms with Crippen LogP contribution in [0.4, 0.5) is 0 Å². The third kappa shape index (κ3) is 7.68.